The first-order valence-electron chi connectivity index (χ1n) is 6.43. The number of nitrogens with zero attached hydrogens (tertiary/aromatic N) is 2. The van der Waals surface area contributed by atoms with Gasteiger partial charge in [0, 0.05) is 30.1 Å². The summed E-state index contributed by atoms with van der Waals surface area (Å²) in [6.45, 7) is 1.06. The van der Waals surface area contributed by atoms with Crippen molar-refractivity contribution in [2.24, 2.45) is 10.7 Å². The van der Waals surface area contributed by atoms with Crippen LogP contribution in [0, 0.1) is 5.82 Å². The summed E-state index contributed by atoms with van der Waals surface area (Å²) in [5.41, 5.74) is 10.8. The summed E-state index contributed by atoms with van der Waals surface area (Å²) < 4.78 is 13.1. The second kappa shape index (κ2) is 5.35. The highest BCUT2D eigenvalue weighted by Gasteiger charge is 2.21. The average molecular weight is 267 g/mol. The monoisotopic (exact) mass is 267 g/mol. The van der Waals surface area contributed by atoms with E-state index in [9.17, 15) is 4.39 Å². The second-order valence-corrected chi connectivity index (χ2v) is 4.59. The average Bonchev–Trinajstić information content (AvgIpc) is 2.93. The van der Waals surface area contributed by atoms with Gasteiger partial charge in [0.15, 0.2) is 0 Å². The fourth-order valence-electron chi connectivity index (χ4n) is 2.37. The summed E-state index contributed by atoms with van der Waals surface area (Å²) in [5.74, 6) is -0.249. The van der Waals surface area contributed by atoms with Crippen molar-refractivity contribution in [3.63, 3.8) is 0 Å². The first-order valence-corrected chi connectivity index (χ1v) is 6.43. The third-order valence-corrected chi connectivity index (χ3v) is 3.35. The van der Waals surface area contributed by atoms with Gasteiger partial charge in [-0.1, -0.05) is 0 Å². The Hall–Kier alpha value is -2.33. The highest BCUT2D eigenvalue weighted by atomic mass is 19.1. The lowest BCUT2D eigenvalue weighted by atomic mass is 9.94. The van der Waals surface area contributed by atoms with Crippen LogP contribution in [0.1, 0.15) is 11.1 Å². The molecule has 3 rings (SSSR count). The van der Waals surface area contributed by atoms with Gasteiger partial charge in [0.2, 0.25) is 0 Å². The normalized spacial score (nSPS) is 14.6. The Bertz CT molecular complexity index is 673. The van der Waals surface area contributed by atoms with Gasteiger partial charge in [-0.25, -0.2) is 4.39 Å². The van der Waals surface area contributed by atoms with Crippen LogP contribution in [0.25, 0.3) is 5.57 Å². The molecule has 1 aromatic carbocycles. The van der Waals surface area contributed by atoms with E-state index in [0.29, 0.717) is 13.1 Å². The predicted molar refractivity (Wildman–Crippen MR) is 78.0 cm³/mol. The van der Waals surface area contributed by atoms with Crippen LogP contribution in [-0.4, -0.2) is 23.8 Å². The van der Waals surface area contributed by atoms with Crippen molar-refractivity contribution in [2.75, 3.05) is 13.1 Å². The molecule has 1 aliphatic heterocycles. The maximum Gasteiger partial charge on any atom is 0.123 e. The summed E-state index contributed by atoms with van der Waals surface area (Å²) in [5, 5.41) is 0. The van der Waals surface area contributed by atoms with Gasteiger partial charge < -0.3 is 5.73 Å². The largest absolute Gasteiger partial charge is 0.327 e. The fraction of sp³-hybridized carbons (Fsp3) is 0.125. The molecule has 0 unspecified atom stereocenters. The molecule has 2 N–H and O–H groups in total. The summed E-state index contributed by atoms with van der Waals surface area (Å²) in [6.07, 6.45) is 3.49. The zero-order valence-corrected chi connectivity index (χ0v) is 10.9. The van der Waals surface area contributed by atoms with Crippen LogP contribution in [0.4, 0.5) is 4.39 Å². The van der Waals surface area contributed by atoms with Crippen molar-refractivity contribution in [2.45, 2.75) is 0 Å². The molecule has 2 heterocycles. The smallest absolute Gasteiger partial charge is 0.123 e. The van der Waals surface area contributed by atoms with E-state index in [1.807, 2.05) is 12.1 Å². The van der Waals surface area contributed by atoms with Gasteiger partial charge in [-0.05, 0) is 47.5 Å². The molecule has 0 spiro atoms. The van der Waals surface area contributed by atoms with Crippen molar-refractivity contribution in [3.8, 4) is 0 Å². The third-order valence-electron chi connectivity index (χ3n) is 3.35. The minimum Gasteiger partial charge on any atom is -0.327 e. The SMILES string of the molecule is NCC1=C(c2ccncc2)C(c2ccc(F)cc2)=NC1. The molecule has 4 heteroatoms. The minimum absolute atomic E-state index is 0.249. The number of halogens is 1. The number of aromatic nitrogens is 1. The van der Waals surface area contributed by atoms with Crippen LogP contribution in [0.3, 0.4) is 0 Å². The zero-order chi connectivity index (χ0) is 13.9. The first-order chi connectivity index (χ1) is 9.79. The van der Waals surface area contributed by atoms with E-state index >= 15 is 0 Å². The Labute approximate surface area is 116 Å². The Balaban J connectivity index is 2.08. The van der Waals surface area contributed by atoms with Crippen LogP contribution < -0.4 is 5.73 Å². The first kappa shape index (κ1) is 12.7. The Kier molecular flexibility index (Phi) is 3.39. The zero-order valence-electron chi connectivity index (χ0n) is 10.9. The van der Waals surface area contributed by atoms with Crippen LogP contribution >= 0.6 is 0 Å². The van der Waals surface area contributed by atoms with Gasteiger partial charge >= 0.3 is 0 Å². The van der Waals surface area contributed by atoms with E-state index in [1.54, 1.807) is 24.5 Å². The Morgan fingerprint density at radius 3 is 2.35 bits per heavy atom. The molecule has 3 nitrogen and oxygen atoms in total. The molecule has 0 atom stereocenters. The number of pyridine rings is 1. The molecule has 0 saturated heterocycles. The van der Waals surface area contributed by atoms with E-state index < -0.39 is 0 Å². The van der Waals surface area contributed by atoms with E-state index in [-0.39, 0.29) is 5.82 Å². The van der Waals surface area contributed by atoms with Crippen molar-refractivity contribution in [3.05, 3.63) is 71.3 Å². The maximum atomic E-state index is 13.1. The van der Waals surface area contributed by atoms with E-state index in [1.165, 1.54) is 12.1 Å². The highest BCUT2D eigenvalue weighted by molar-refractivity contribution is 6.33. The topological polar surface area (TPSA) is 51.3 Å². The van der Waals surface area contributed by atoms with Crippen LogP contribution in [0.5, 0.6) is 0 Å². The lowest BCUT2D eigenvalue weighted by molar-refractivity contribution is 0.628. The third kappa shape index (κ3) is 2.26. The summed E-state index contributed by atoms with van der Waals surface area (Å²) in [7, 11) is 0. The van der Waals surface area contributed by atoms with Gasteiger partial charge in [-0.15, -0.1) is 0 Å². The van der Waals surface area contributed by atoms with Crippen LogP contribution in [0.15, 0.2) is 59.4 Å². The highest BCUT2D eigenvalue weighted by Crippen LogP contribution is 2.28. The molecule has 1 aliphatic rings. The van der Waals surface area contributed by atoms with Crippen molar-refractivity contribution in [1.29, 1.82) is 0 Å². The van der Waals surface area contributed by atoms with Crippen LogP contribution in [0.2, 0.25) is 0 Å². The summed E-state index contributed by atoms with van der Waals surface area (Å²) in [4.78, 5) is 8.60. The lowest BCUT2D eigenvalue weighted by Crippen LogP contribution is -2.08. The van der Waals surface area contributed by atoms with Crippen molar-refractivity contribution >= 4 is 11.3 Å². The van der Waals surface area contributed by atoms with Gasteiger partial charge in [-0.3, -0.25) is 9.98 Å². The molecular weight excluding hydrogens is 253 g/mol. The lowest BCUT2D eigenvalue weighted by Gasteiger charge is -2.10. The number of nitrogens with two attached hydrogens (primary N) is 1. The molecule has 0 bridgehead atoms. The quantitative estimate of drug-likeness (QED) is 0.928. The summed E-state index contributed by atoms with van der Waals surface area (Å²) in [6, 6.07) is 10.3. The fourth-order valence-corrected chi connectivity index (χ4v) is 2.37. The van der Waals surface area contributed by atoms with E-state index in [2.05, 4.69) is 9.98 Å². The molecule has 20 heavy (non-hydrogen) atoms. The molecule has 100 valence electrons. The van der Waals surface area contributed by atoms with Crippen molar-refractivity contribution < 1.29 is 4.39 Å². The minimum atomic E-state index is -0.249. The number of hydrogen-bond donors (Lipinski definition) is 1. The van der Waals surface area contributed by atoms with E-state index in [4.69, 9.17) is 5.73 Å². The van der Waals surface area contributed by atoms with Crippen LogP contribution in [-0.2, 0) is 0 Å². The second-order valence-electron chi connectivity index (χ2n) is 4.59. The number of benzene rings is 1. The standard InChI is InChI=1S/C16H14FN3/c17-14-3-1-12(2-4-14)16-15(13(9-18)10-20-16)11-5-7-19-8-6-11/h1-8H,9-10,18H2. The molecule has 0 saturated carbocycles. The van der Waals surface area contributed by atoms with Gasteiger partial charge in [0.1, 0.15) is 5.82 Å². The Morgan fingerprint density at radius 2 is 1.70 bits per heavy atom. The number of rotatable bonds is 3. The Morgan fingerprint density at radius 1 is 1.00 bits per heavy atom. The number of hydrogen-bond acceptors (Lipinski definition) is 3. The molecule has 0 radical (unpaired) electrons. The molecule has 2 aromatic rings. The summed E-state index contributed by atoms with van der Waals surface area (Å²) >= 11 is 0. The molecule has 0 fully saturated rings. The molecular formula is C16H14FN3. The van der Waals surface area contributed by atoms with Crippen molar-refractivity contribution in [1.82, 2.24) is 4.98 Å². The number of aliphatic imine (C=N–C) groups is 1. The number of allylic oxidation sites excluding steroid dienone is 1. The maximum absolute atomic E-state index is 13.1. The molecule has 0 amide bonds. The van der Waals surface area contributed by atoms with Gasteiger partial charge in [-0.2, -0.15) is 0 Å². The molecule has 1 aromatic heterocycles. The van der Waals surface area contributed by atoms with Gasteiger partial charge in [0.25, 0.3) is 0 Å². The van der Waals surface area contributed by atoms with E-state index in [0.717, 1.165) is 28.0 Å². The van der Waals surface area contributed by atoms with Gasteiger partial charge in [0.05, 0.1) is 12.3 Å². The molecule has 0 aliphatic carbocycles. The predicted octanol–water partition coefficient (Wildman–Crippen LogP) is 2.44.